The molecule has 1 saturated carbocycles. The third-order valence-corrected chi connectivity index (χ3v) is 2.88. The minimum absolute atomic E-state index is 0.00278. The van der Waals surface area contributed by atoms with Crippen molar-refractivity contribution in [1.82, 2.24) is 5.32 Å². The van der Waals surface area contributed by atoms with E-state index in [1.54, 1.807) is 0 Å². The lowest BCUT2D eigenvalue weighted by Gasteiger charge is -2.36. The first-order valence-corrected chi connectivity index (χ1v) is 5.19. The number of aliphatic hydroxyl groups is 1. The number of nitrogens with one attached hydrogen (secondary N) is 1. The maximum atomic E-state index is 9.36. The zero-order chi connectivity index (χ0) is 9.73. The first kappa shape index (κ1) is 10.7. The molecule has 1 aliphatic rings. The van der Waals surface area contributed by atoms with Crippen LogP contribution in [-0.4, -0.2) is 23.8 Å². The van der Waals surface area contributed by atoms with Crippen molar-refractivity contribution in [3.8, 4) is 0 Å². The molecule has 1 aliphatic carbocycles. The normalized spacial score (nSPS) is 21.4. The molecule has 0 unspecified atom stereocenters. The van der Waals surface area contributed by atoms with Gasteiger partial charge in [0.2, 0.25) is 0 Å². The Balaban J connectivity index is 2.42. The Morgan fingerprint density at radius 1 is 1.38 bits per heavy atom. The second kappa shape index (κ2) is 4.77. The van der Waals surface area contributed by atoms with Gasteiger partial charge in [-0.15, -0.1) is 0 Å². The average molecular weight is 183 g/mol. The molecule has 0 aromatic carbocycles. The van der Waals surface area contributed by atoms with Gasteiger partial charge in [0.05, 0.1) is 6.61 Å². The van der Waals surface area contributed by atoms with Gasteiger partial charge in [0.15, 0.2) is 0 Å². The van der Waals surface area contributed by atoms with E-state index in [1.165, 1.54) is 19.3 Å². The van der Waals surface area contributed by atoms with Crippen LogP contribution >= 0.6 is 0 Å². The van der Waals surface area contributed by atoms with Gasteiger partial charge in [0.25, 0.3) is 0 Å². The second-order valence-corrected chi connectivity index (χ2v) is 4.31. The molecule has 0 spiro atoms. The molecule has 0 aromatic rings. The van der Waals surface area contributed by atoms with E-state index in [0.717, 1.165) is 25.0 Å². The highest BCUT2D eigenvalue weighted by Gasteiger charge is 2.30. The van der Waals surface area contributed by atoms with Crippen LogP contribution in [0.25, 0.3) is 0 Å². The largest absolute Gasteiger partial charge is 0.394 e. The molecule has 0 aliphatic heterocycles. The molecule has 0 radical (unpaired) electrons. The van der Waals surface area contributed by atoms with Crippen LogP contribution in [0, 0.1) is 0 Å². The summed E-state index contributed by atoms with van der Waals surface area (Å²) in [6, 6.07) is 0. The van der Waals surface area contributed by atoms with Gasteiger partial charge >= 0.3 is 0 Å². The van der Waals surface area contributed by atoms with Crippen LogP contribution in [-0.2, 0) is 0 Å². The fraction of sp³-hybridized carbons (Fsp3) is 0.818. The number of hydrogen-bond donors (Lipinski definition) is 2. The van der Waals surface area contributed by atoms with Crippen LogP contribution in [0.3, 0.4) is 0 Å². The van der Waals surface area contributed by atoms with Crippen molar-refractivity contribution in [2.24, 2.45) is 0 Å². The third-order valence-electron chi connectivity index (χ3n) is 2.88. The molecule has 0 saturated heterocycles. The topological polar surface area (TPSA) is 32.3 Å². The highest BCUT2D eigenvalue weighted by molar-refractivity contribution is 4.97. The van der Waals surface area contributed by atoms with E-state index in [0.29, 0.717) is 0 Å². The van der Waals surface area contributed by atoms with Crippen LogP contribution < -0.4 is 5.32 Å². The van der Waals surface area contributed by atoms with Gasteiger partial charge in [-0.3, -0.25) is 0 Å². The molecule has 0 bridgehead atoms. The summed E-state index contributed by atoms with van der Waals surface area (Å²) < 4.78 is 0. The van der Waals surface area contributed by atoms with Gasteiger partial charge < -0.3 is 10.4 Å². The van der Waals surface area contributed by atoms with Crippen molar-refractivity contribution in [3.05, 3.63) is 12.2 Å². The average Bonchev–Trinajstić information content (AvgIpc) is 2.16. The van der Waals surface area contributed by atoms with E-state index in [1.807, 2.05) is 6.92 Å². The van der Waals surface area contributed by atoms with E-state index in [9.17, 15) is 5.11 Å². The van der Waals surface area contributed by atoms with Crippen molar-refractivity contribution in [2.75, 3.05) is 13.2 Å². The van der Waals surface area contributed by atoms with Gasteiger partial charge in [-0.1, -0.05) is 31.4 Å². The SMILES string of the molecule is C=C(C)CNC1(CO)CCCCC1. The number of aliphatic hydroxyl groups excluding tert-OH is 1. The van der Waals surface area contributed by atoms with Gasteiger partial charge in [-0.05, 0) is 19.8 Å². The van der Waals surface area contributed by atoms with Crippen molar-refractivity contribution in [3.63, 3.8) is 0 Å². The van der Waals surface area contributed by atoms with Gasteiger partial charge in [-0.2, -0.15) is 0 Å². The van der Waals surface area contributed by atoms with Crippen molar-refractivity contribution in [2.45, 2.75) is 44.6 Å². The molecule has 0 heterocycles. The quantitative estimate of drug-likeness (QED) is 0.652. The Labute approximate surface area is 81.0 Å². The second-order valence-electron chi connectivity index (χ2n) is 4.31. The highest BCUT2D eigenvalue weighted by Crippen LogP contribution is 2.27. The molecule has 1 fully saturated rings. The molecule has 13 heavy (non-hydrogen) atoms. The minimum atomic E-state index is -0.00278. The van der Waals surface area contributed by atoms with Crippen LogP contribution in [0.15, 0.2) is 12.2 Å². The summed E-state index contributed by atoms with van der Waals surface area (Å²) in [4.78, 5) is 0. The van der Waals surface area contributed by atoms with Gasteiger partial charge in [-0.25, -0.2) is 0 Å². The summed E-state index contributed by atoms with van der Waals surface area (Å²) in [6.07, 6.45) is 6.01. The molecule has 76 valence electrons. The van der Waals surface area contributed by atoms with E-state index < -0.39 is 0 Å². The minimum Gasteiger partial charge on any atom is -0.394 e. The molecule has 2 N–H and O–H groups in total. The first-order valence-electron chi connectivity index (χ1n) is 5.19. The first-order chi connectivity index (χ1) is 6.18. The van der Waals surface area contributed by atoms with Crippen LogP contribution in [0.2, 0.25) is 0 Å². The lowest BCUT2D eigenvalue weighted by Crippen LogP contribution is -2.50. The maximum Gasteiger partial charge on any atom is 0.0613 e. The summed E-state index contributed by atoms with van der Waals surface area (Å²) in [7, 11) is 0. The molecule has 1 rings (SSSR count). The summed E-state index contributed by atoms with van der Waals surface area (Å²) in [5, 5.41) is 12.8. The number of hydrogen-bond acceptors (Lipinski definition) is 2. The fourth-order valence-corrected chi connectivity index (χ4v) is 1.96. The Morgan fingerprint density at radius 3 is 2.46 bits per heavy atom. The van der Waals surface area contributed by atoms with Gasteiger partial charge in [0, 0.05) is 12.1 Å². The van der Waals surface area contributed by atoms with E-state index in [4.69, 9.17) is 0 Å². The lowest BCUT2D eigenvalue weighted by atomic mass is 9.82. The maximum absolute atomic E-state index is 9.36. The fourth-order valence-electron chi connectivity index (χ4n) is 1.96. The summed E-state index contributed by atoms with van der Waals surface area (Å²) in [5.74, 6) is 0. The smallest absolute Gasteiger partial charge is 0.0613 e. The molecule has 0 atom stereocenters. The van der Waals surface area contributed by atoms with Crippen molar-refractivity contribution >= 4 is 0 Å². The highest BCUT2D eigenvalue weighted by atomic mass is 16.3. The summed E-state index contributed by atoms with van der Waals surface area (Å²) in [6.45, 7) is 6.97. The standard InChI is InChI=1S/C11H21NO/c1-10(2)8-12-11(9-13)6-4-3-5-7-11/h12-13H,1,3-9H2,2H3. The Hall–Kier alpha value is -0.340. The van der Waals surface area contributed by atoms with Crippen molar-refractivity contribution < 1.29 is 5.11 Å². The molecular weight excluding hydrogens is 162 g/mol. The Kier molecular flexibility index (Phi) is 3.94. The third kappa shape index (κ3) is 3.12. The molecule has 2 heteroatoms. The molecule has 0 aromatic heterocycles. The summed E-state index contributed by atoms with van der Waals surface area (Å²) >= 11 is 0. The van der Waals surface area contributed by atoms with Gasteiger partial charge in [0.1, 0.15) is 0 Å². The van der Waals surface area contributed by atoms with E-state index >= 15 is 0 Å². The molecule has 0 amide bonds. The van der Waals surface area contributed by atoms with Crippen LogP contribution in [0.4, 0.5) is 0 Å². The van der Waals surface area contributed by atoms with Crippen LogP contribution in [0.5, 0.6) is 0 Å². The predicted molar refractivity (Wildman–Crippen MR) is 55.7 cm³/mol. The lowest BCUT2D eigenvalue weighted by molar-refractivity contribution is 0.124. The Morgan fingerprint density at radius 2 is 2.00 bits per heavy atom. The molecular formula is C11H21NO. The van der Waals surface area contributed by atoms with Crippen molar-refractivity contribution in [1.29, 1.82) is 0 Å². The Bertz CT molecular complexity index is 171. The van der Waals surface area contributed by atoms with E-state index in [2.05, 4.69) is 11.9 Å². The summed E-state index contributed by atoms with van der Waals surface area (Å²) in [5.41, 5.74) is 1.13. The van der Waals surface area contributed by atoms with E-state index in [-0.39, 0.29) is 12.1 Å². The van der Waals surface area contributed by atoms with Crippen LogP contribution in [0.1, 0.15) is 39.0 Å². The monoisotopic (exact) mass is 183 g/mol. The molecule has 2 nitrogen and oxygen atoms in total. The predicted octanol–water partition coefficient (Wildman–Crippen LogP) is 1.85. The zero-order valence-electron chi connectivity index (χ0n) is 8.60. The number of rotatable bonds is 4. The zero-order valence-corrected chi connectivity index (χ0v) is 8.60.